The first-order valence-corrected chi connectivity index (χ1v) is 8.90. The molecule has 0 aliphatic rings. The second-order valence-corrected chi connectivity index (χ2v) is 7.36. The molecule has 2 aromatic rings. The number of nitrogens with zero attached hydrogens (tertiary/aromatic N) is 1. The number of nitrogens with two attached hydrogens (primary N) is 1. The topological polar surface area (TPSA) is 58.6 Å². The van der Waals surface area contributed by atoms with Crippen molar-refractivity contribution in [1.29, 1.82) is 0 Å². The number of aromatic nitrogens is 1. The molecule has 4 nitrogen and oxygen atoms in total. The van der Waals surface area contributed by atoms with Crippen LogP contribution in [0.3, 0.4) is 0 Å². The van der Waals surface area contributed by atoms with Crippen LogP contribution in [0.25, 0.3) is 10.9 Å². The Kier molecular flexibility index (Phi) is 5.94. The van der Waals surface area contributed by atoms with Crippen molar-refractivity contribution >= 4 is 22.5 Å². The molecule has 0 spiro atoms. The third-order valence-electron chi connectivity index (χ3n) is 4.08. The molecular weight excluding hydrogens is 298 g/mol. The number of fused-ring (bicyclic) bond motifs is 1. The smallest absolute Gasteiger partial charge is 0.279 e. The van der Waals surface area contributed by atoms with Gasteiger partial charge in [-0.05, 0) is 45.2 Å². The lowest BCUT2D eigenvalue weighted by atomic mass is 10.0. The highest BCUT2D eigenvalue weighted by Gasteiger charge is 2.19. The van der Waals surface area contributed by atoms with Crippen LogP contribution in [-0.4, -0.2) is 23.0 Å². The number of rotatable bonds is 6. The molecule has 0 aliphatic heterocycles. The number of anilines is 1. The SMILES string of the molecule is CCCc1nc2ccccc2c(NC(=O)C[NH2+]C(C)(C)C)c1CC. The Bertz CT molecular complexity index is 717. The van der Waals surface area contributed by atoms with E-state index in [9.17, 15) is 4.79 Å². The maximum atomic E-state index is 12.5. The summed E-state index contributed by atoms with van der Waals surface area (Å²) in [6.07, 6.45) is 2.85. The van der Waals surface area contributed by atoms with Crippen LogP contribution in [0, 0.1) is 0 Å². The minimum absolute atomic E-state index is 0.0402. The molecule has 0 fully saturated rings. The second-order valence-electron chi connectivity index (χ2n) is 7.36. The quantitative estimate of drug-likeness (QED) is 0.856. The van der Waals surface area contributed by atoms with Gasteiger partial charge in [-0.1, -0.05) is 38.5 Å². The van der Waals surface area contributed by atoms with Crippen molar-refractivity contribution in [3.63, 3.8) is 0 Å². The summed E-state index contributed by atoms with van der Waals surface area (Å²) in [5.74, 6) is 0.0402. The van der Waals surface area contributed by atoms with Gasteiger partial charge in [0, 0.05) is 11.1 Å². The van der Waals surface area contributed by atoms with Crippen molar-refractivity contribution in [3.05, 3.63) is 35.5 Å². The van der Waals surface area contributed by atoms with Gasteiger partial charge >= 0.3 is 0 Å². The molecule has 0 unspecified atom stereocenters. The van der Waals surface area contributed by atoms with E-state index in [-0.39, 0.29) is 11.4 Å². The molecule has 1 heterocycles. The van der Waals surface area contributed by atoms with Gasteiger partial charge in [0.1, 0.15) is 0 Å². The van der Waals surface area contributed by atoms with Crippen LogP contribution in [0.15, 0.2) is 24.3 Å². The van der Waals surface area contributed by atoms with Crippen LogP contribution in [-0.2, 0) is 17.6 Å². The number of para-hydroxylation sites is 1. The average Bonchev–Trinajstić information content (AvgIpc) is 2.53. The van der Waals surface area contributed by atoms with E-state index >= 15 is 0 Å². The Morgan fingerprint density at radius 1 is 1.21 bits per heavy atom. The van der Waals surface area contributed by atoms with Crippen LogP contribution in [0.1, 0.15) is 52.3 Å². The van der Waals surface area contributed by atoms with Crippen LogP contribution in [0.5, 0.6) is 0 Å². The number of benzene rings is 1. The molecular formula is C20H30N3O+. The molecule has 24 heavy (non-hydrogen) atoms. The molecule has 3 N–H and O–H groups in total. The molecule has 1 amide bonds. The van der Waals surface area contributed by atoms with Crippen molar-refractivity contribution in [2.24, 2.45) is 0 Å². The zero-order chi connectivity index (χ0) is 17.7. The average molecular weight is 328 g/mol. The Labute approximate surface area is 145 Å². The van der Waals surface area contributed by atoms with Crippen molar-refractivity contribution < 1.29 is 10.1 Å². The van der Waals surface area contributed by atoms with Gasteiger partial charge in [-0.2, -0.15) is 0 Å². The van der Waals surface area contributed by atoms with Crippen molar-refractivity contribution in [2.45, 2.75) is 59.4 Å². The Hall–Kier alpha value is -1.94. The standard InChI is InChI=1S/C20H29N3O/c1-6-10-16-14(7-2)19(15-11-8-9-12-17(15)22-16)23-18(24)13-21-20(3,4)5/h8-9,11-12,21H,6-7,10,13H2,1-5H3,(H,22,23,24)/p+1. The zero-order valence-corrected chi connectivity index (χ0v) is 15.6. The Balaban J connectivity index is 2.40. The number of hydrogen-bond donors (Lipinski definition) is 2. The largest absolute Gasteiger partial charge is 0.334 e. The van der Waals surface area contributed by atoms with E-state index in [0.29, 0.717) is 6.54 Å². The first kappa shape index (κ1) is 18.4. The third kappa shape index (κ3) is 4.54. The van der Waals surface area contributed by atoms with Crippen molar-refractivity contribution in [2.75, 3.05) is 11.9 Å². The van der Waals surface area contributed by atoms with Crippen molar-refractivity contribution in [3.8, 4) is 0 Å². The number of quaternary nitrogens is 1. The van der Waals surface area contributed by atoms with Crippen LogP contribution < -0.4 is 10.6 Å². The highest BCUT2D eigenvalue weighted by atomic mass is 16.1. The second kappa shape index (κ2) is 7.75. The van der Waals surface area contributed by atoms with Crippen LogP contribution >= 0.6 is 0 Å². The highest BCUT2D eigenvalue weighted by molar-refractivity contribution is 6.02. The number of hydrogen-bond acceptors (Lipinski definition) is 2. The van der Waals surface area contributed by atoms with E-state index in [0.717, 1.165) is 41.5 Å². The Morgan fingerprint density at radius 2 is 1.92 bits per heavy atom. The summed E-state index contributed by atoms with van der Waals surface area (Å²) in [4.78, 5) is 17.3. The van der Waals surface area contributed by atoms with Gasteiger partial charge in [-0.25, -0.2) is 0 Å². The van der Waals surface area contributed by atoms with Gasteiger partial charge in [-0.3, -0.25) is 9.78 Å². The maximum Gasteiger partial charge on any atom is 0.279 e. The van der Waals surface area contributed by atoms with Crippen LogP contribution in [0.2, 0.25) is 0 Å². The lowest BCUT2D eigenvalue weighted by Gasteiger charge is -2.19. The summed E-state index contributed by atoms with van der Waals surface area (Å²) in [5.41, 5.74) is 4.21. The number of carbonyl (C=O) groups is 1. The van der Waals surface area contributed by atoms with E-state index in [1.165, 1.54) is 5.56 Å². The number of aryl methyl sites for hydroxylation is 1. The molecule has 0 saturated carbocycles. The van der Waals surface area contributed by atoms with Crippen molar-refractivity contribution in [1.82, 2.24) is 4.98 Å². The molecule has 0 atom stereocenters. The molecule has 2 rings (SSSR count). The normalized spacial score (nSPS) is 11.7. The molecule has 1 aromatic carbocycles. The first-order valence-electron chi connectivity index (χ1n) is 8.90. The summed E-state index contributed by atoms with van der Waals surface area (Å²) in [6.45, 7) is 11.0. The number of nitrogens with one attached hydrogen (secondary N) is 1. The lowest BCUT2D eigenvalue weighted by molar-refractivity contribution is -0.707. The fourth-order valence-electron chi connectivity index (χ4n) is 2.86. The molecule has 4 heteroatoms. The molecule has 1 aromatic heterocycles. The fraction of sp³-hybridized carbons (Fsp3) is 0.500. The van der Waals surface area contributed by atoms with E-state index in [1.54, 1.807) is 0 Å². The van der Waals surface area contributed by atoms with Gasteiger partial charge < -0.3 is 10.6 Å². The molecule has 0 radical (unpaired) electrons. The number of carbonyl (C=O) groups excluding carboxylic acids is 1. The van der Waals surface area contributed by atoms with E-state index in [2.05, 4.69) is 45.3 Å². The monoisotopic (exact) mass is 328 g/mol. The number of amides is 1. The minimum Gasteiger partial charge on any atom is -0.334 e. The predicted molar refractivity (Wildman–Crippen MR) is 100 cm³/mol. The summed E-state index contributed by atoms with van der Waals surface area (Å²) in [5, 5.41) is 6.25. The van der Waals surface area contributed by atoms with Gasteiger partial charge in [0.05, 0.1) is 16.7 Å². The summed E-state index contributed by atoms with van der Waals surface area (Å²) in [6, 6.07) is 8.06. The van der Waals surface area contributed by atoms with E-state index < -0.39 is 0 Å². The third-order valence-corrected chi connectivity index (χ3v) is 4.08. The van der Waals surface area contributed by atoms with E-state index in [1.807, 2.05) is 24.3 Å². The molecule has 0 bridgehead atoms. The Morgan fingerprint density at radius 3 is 2.54 bits per heavy atom. The van der Waals surface area contributed by atoms with Gasteiger partial charge in [0.15, 0.2) is 6.54 Å². The zero-order valence-electron chi connectivity index (χ0n) is 15.6. The van der Waals surface area contributed by atoms with Crippen LogP contribution in [0.4, 0.5) is 5.69 Å². The van der Waals surface area contributed by atoms with Gasteiger partial charge in [0.25, 0.3) is 5.91 Å². The predicted octanol–water partition coefficient (Wildman–Crippen LogP) is 3.05. The maximum absolute atomic E-state index is 12.5. The molecule has 130 valence electrons. The van der Waals surface area contributed by atoms with Gasteiger partial charge in [-0.15, -0.1) is 0 Å². The molecule has 0 saturated heterocycles. The summed E-state index contributed by atoms with van der Waals surface area (Å²) < 4.78 is 0. The summed E-state index contributed by atoms with van der Waals surface area (Å²) >= 11 is 0. The summed E-state index contributed by atoms with van der Waals surface area (Å²) in [7, 11) is 0. The number of pyridine rings is 1. The molecule has 0 aliphatic carbocycles. The highest BCUT2D eigenvalue weighted by Crippen LogP contribution is 2.29. The first-order chi connectivity index (χ1) is 11.4. The van der Waals surface area contributed by atoms with E-state index in [4.69, 9.17) is 4.98 Å². The lowest BCUT2D eigenvalue weighted by Crippen LogP contribution is -2.95. The van der Waals surface area contributed by atoms with Gasteiger partial charge in [0.2, 0.25) is 0 Å². The minimum atomic E-state index is 0.0402. The fourth-order valence-corrected chi connectivity index (χ4v) is 2.86.